The number of hydrogen-bond acceptors (Lipinski definition) is 3. The summed E-state index contributed by atoms with van der Waals surface area (Å²) >= 11 is 0. The van der Waals surface area contributed by atoms with E-state index in [2.05, 4.69) is 5.32 Å². The van der Waals surface area contributed by atoms with E-state index in [1.54, 1.807) is 22.8 Å². The third kappa shape index (κ3) is 2.38. The Morgan fingerprint density at radius 1 is 1.24 bits per heavy atom. The van der Waals surface area contributed by atoms with Crippen LogP contribution in [-0.2, 0) is 16.1 Å². The summed E-state index contributed by atoms with van der Waals surface area (Å²) < 4.78 is 7.21. The molecule has 4 rings (SSSR count). The van der Waals surface area contributed by atoms with Crippen LogP contribution in [-0.4, -0.2) is 28.7 Å². The molecular weight excluding hydrogens is 320 g/mol. The highest BCUT2D eigenvalue weighted by Gasteiger charge is 2.28. The highest BCUT2D eigenvalue weighted by Crippen LogP contribution is 2.35. The first-order valence-corrected chi connectivity index (χ1v) is 7.87. The first kappa shape index (κ1) is 15.4. The number of benzene rings is 2. The van der Waals surface area contributed by atoms with Crippen LogP contribution in [0.1, 0.15) is 22.1 Å². The van der Waals surface area contributed by atoms with Crippen LogP contribution in [0.3, 0.4) is 0 Å². The van der Waals surface area contributed by atoms with Gasteiger partial charge in [-0.05, 0) is 23.8 Å². The minimum Gasteiger partial charge on any atom is -0.478 e. The molecule has 1 unspecified atom stereocenters. The Labute approximate surface area is 143 Å². The van der Waals surface area contributed by atoms with Crippen LogP contribution >= 0.6 is 0 Å². The largest absolute Gasteiger partial charge is 0.478 e. The predicted molar refractivity (Wildman–Crippen MR) is 92.2 cm³/mol. The Kier molecular flexibility index (Phi) is 3.54. The summed E-state index contributed by atoms with van der Waals surface area (Å²) in [6, 6.07) is 14.7. The Hall–Kier alpha value is -3.12. The molecule has 0 bridgehead atoms. The maximum atomic E-state index is 12.6. The van der Waals surface area contributed by atoms with E-state index in [0.717, 1.165) is 22.2 Å². The van der Waals surface area contributed by atoms with E-state index in [0.29, 0.717) is 12.1 Å². The standard InChI is InChI=1S/C19H16N2O4/c1-25-18-17(22)20-10-13-4-2-3-5-14(13)16-8-11-6-7-12(19(23)24)9-15(11)21(16)18/h2-9,18H,10H2,1H3,(H,20,22)(H,23,24). The highest BCUT2D eigenvalue weighted by atomic mass is 16.5. The van der Waals surface area contributed by atoms with Crippen LogP contribution in [0.15, 0.2) is 48.5 Å². The predicted octanol–water partition coefficient (Wildman–Crippen LogP) is 2.78. The van der Waals surface area contributed by atoms with Crippen molar-refractivity contribution < 1.29 is 19.4 Å². The number of carboxylic acids is 1. The lowest BCUT2D eigenvalue weighted by Gasteiger charge is -2.25. The third-order valence-electron chi connectivity index (χ3n) is 4.52. The third-order valence-corrected chi connectivity index (χ3v) is 4.52. The van der Waals surface area contributed by atoms with Crippen LogP contribution in [0.5, 0.6) is 0 Å². The fraction of sp³-hybridized carbons (Fsp3) is 0.158. The van der Waals surface area contributed by atoms with Gasteiger partial charge in [0.1, 0.15) is 0 Å². The second-order valence-corrected chi connectivity index (χ2v) is 5.94. The van der Waals surface area contributed by atoms with Crippen molar-refractivity contribution in [3.05, 3.63) is 59.7 Å². The monoisotopic (exact) mass is 336 g/mol. The number of rotatable bonds is 2. The number of nitrogens with one attached hydrogen (secondary N) is 1. The van der Waals surface area contributed by atoms with Crippen molar-refractivity contribution in [3.63, 3.8) is 0 Å². The minimum absolute atomic E-state index is 0.166. The molecule has 2 aromatic carbocycles. The number of hydrogen-bond donors (Lipinski definition) is 2. The molecule has 2 heterocycles. The molecule has 0 spiro atoms. The molecule has 1 aromatic heterocycles. The summed E-state index contributed by atoms with van der Waals surface area (Å²) in [5.41, 5.74) is 3.62. The number of fused-ring (bicyclic) bond motifs is 5. The van der Waals surface area contributed by atoms with Gasteiger partial charge < -0.3 is 19.7 Å². The first-order chi connectivity index (χ1) is 12.1. The normalized spacial score (nSPS) is 16.5. The van der Waals surface area contributed by atoms with Gasteiger partial charge in [0, 0.05) is 24.6 Å². The number of carbonyl (C=O) groups excluding carboxylic acids is 1. The molecule has 0 aliphatic carbocycles. The van der Waals surface area contributed by atoms with Crippen molar-refractivity contribution in [2.45, 2.75) is 12.8 Å². The summed E-state index contributed by atoms with van der Waals surface area (Å²) in [5.74, 6) is -1.28. The molecule has 6 nitrogen and oxygen atoms in total. The van der Waals surface area contributed by atoms with E-state index < -0.39 is 12.2 Å². The van der Waals surface area contributed by atoms with Gasteiger partial charge in [0.15, 0.2) is 0 Å². The van der Waals surface area contributed by atoms with Gasteiger partial charge in [-0.3, -0.25) is 4.79 Å². The minimum atomic E-state index is -1.01. The molecule has 1 amide bonds. The number of ether oxygens (including phenoxy) is 1. The van der Waals surface area contributed by atoms with Gasteiger partial charge in [-0.15, -0.1) is 0 Å². The molecule has 25 heavy (non-hydrogen) atoms. The van der Waals surface area contributed by atoms with Crippen LogP contribution in [0.4, 0.5) is 0 Å². The molecule has 0 saturated carbocycles. The molecular formula is C19H16N2O4. The summed E-state index contributed by atoms with van der Waals surface area (Å²) in [6.45, 7) is 0.413. The zero-order valence-corrected chi connectivity index (χ0v) is 13.5. The number of methoxy groups -OCH3 is 1. The van der Waals surface area contributed by atoms with Crippen molar-refractivity contribution in [2.75, 3.05) is 7.11 Å². The molecule has 1 atom stereocenters. The average Bonchev–Trinajstić information content (AvgIpc) is 2.98. The number of nitrogens with zero attached hydrogens (tertiary/aromatic N) is 1. The van der Waals surface area contributed by atoms with Gasteiger partial charge in [-0.2, -0.15) is 0 Å². The van der Waals surface area contributed by atoms with Crippen molar-refractivity contribution in [1.29, 1.82) is 0 Å². The van der Waals surface area contributed by atoms with Gasteiger partial charge in [0.25, 0.3) is 5.91 Å². The van der Waals surface area contributed by atoms with E-state index in [1.165, 1.54) is 7.11 Å². The van der Waals surface area contributed by atoms with Crippen molar-refractivity contribution >= 4 is 22.8 Å². The molecule has 3 aromatic rings. The van der Waals surface area contributed by atoms with Gasteiger partial charge in [0.05, 0.1) is 16.8 Å². The van der Waals surface area contributed by atoms with Gasteiger partial charge >= 0.3 is 5.97 Å². The summed E-state index contributed by atoms with van der Waals surface area (Å²) in [4.78, 5) is 23.9. The van der Waals surface area contributed by atoms with Gasteiger partial charge in [0.2, 0.25) is 6.23 Å². The lowest BCUT2D eigenvalue weighted by Crippen LogP contribution is -2.35. The molecule has 0 saturated heterocycles. The fourth-order valence-electron chi connectivity index (χ4n) is 3.34. The second-order valence-electron chi connectivity index (χ2n) is 5.94. The van der Waals surface area contributed by atoms with Crippen LogP contribution in [0, 0.1) is 0 Å². The van der Waals surface area contributed by atoms with Gasteiger partial charge in [-0.1, -0.05) is 30.3 Å². The fourth-order valence-corrected chi connectivity index (χ4v) is 3.34. The van der Waals surface area contributed by atoms with Crippen LogP contribution in [0.2, 0.25) is 0 Å². The Morgan fingerprint density at radius 3 is 2.80 bits per heavy atom. The maximum Gasteiger partial charge on any atom is 0.335 e. The Balaban J connectivity index is 2.09. The molecule has 6 heteroatoms. The topological polar surface area (TPSA) is 80.6 Å². The van der Waals surface area contributed by atoms with Crippen molar-refractivity contribution in [1.82, 2.24) is 9.88 Å². The van der Waals surface area contributed by atoms with E-state index in [4.69, 9.17) is 4.74 Å². The molecule has 0 fully saturated rings. The lowest BCUT2D eigenvalue weighted by molar-refractivity contribution is -0.136. The molecule has 0 radical (unpaired) electrons. The number of carbonyl (C=O) groups is 2. The van der Waals surface area contributed by atoms with E-state index in [9.17, 15) is 14.7 Å². The number of aromatic carboxylic acids is 1. The van der Waals surface area contributed by atoms with E-state index >= 15 is 0 Å². The second kappa shape index (κ2) is 5.75. The lowest BCUT2D eigenvalue weighted by atomic mass is 10.0. The summed E-state index contributed by atoms with van der Waals surface area (Å²) in [5, 5.41) is 13.0. The zero-order valence-electron chi connectivity index (χ0n) is 13.5. The van der Waals surface area contributed by atoms with Crippen LogP contribution in [0.25, 0.3) is 22.2 Å². The average molecular weight is 336 g/mol. The zero-order chi connectivity index (χ0) is 17.6. The first-order valence-electron chi connectivity index (χ1n) is 7.87. The smallest absolute Gasteiger partial charge is 0.335 e. The molecule has 1 aliphatic rings. The summed E-state index contributed by atoms with van der Waals surface area (Å²) in [7, 11) is 1.47. The van der Waals surface area contributed by atoms with E-state index in [-0.39, 0.29) is 11.5 Å². The number of aromatic nitrogens is 1. The number of carboxylic acid groups (broad SMARTS) is 1. The maximum absolute atomic E-state index is 12.6. The van der Waals surface area contributed by atoms with Crippen molar-refractivity contribution in [3.8, 4) is 11.3 Å². The quantitative estimate of drug-likeness (QED) is 0.754. The number of amides is 1. The molecule has 126 valence electrons. The molecule has 2 N–H and O–H groups in total. The SMILES string of the molecule is COC1C(=O)NCc2ccccc2-c2cc3ccc(C(=O)O)cc3n21. The van der Waals surface area contributed by atoms with Crippen molar-refractivity contribution in [2.24, 2.45) is 0 Å². The highest BCUT2D eigenvalue weighted by molar-refractivity contribution is 5.97. The summed E-state index contributed by atoms with van der Waals surface area (Å²) in [6.07, 6.45) is -0.870. The van der Waals surface area contributed by atoms with E-state index in [1.807, 2.05) is 30.3 Å². The van der Waals surface area contributed by atoms with Gasteiger partial charge in [-0.25, -0.2) is 4.79 Å². The molecule has 1 aliphatic heterocycles. The van der Waals surface area contributed by atoms with Crippen LogP contribution < -0.4 is 5.32 Å². The Morgan fingerprint density at radius 2 is 2.04 bits per heavy atom. The Bertz CT molecular complexity index is 1010.